The zero-order valence-electron chi connectivity index (χ0n) is 25.9. The Morgan fingerprint density at radius 1 is 0.667 bits per heavy atom. The van der Waals surface area contributed by atoms with Crippen LogP contribution in [-0.2, 0) is 6.11 Å². The lowest BCUT2D eigenvalue weighted by molar-refractivity contribution is -0.189. The molecular weight excluding hydrogens is 643 g/mol. The molecular formula is C38H31F9O. The highest BCUT2D eigenvalue weighted by Crippen LogP contribution is 2.38. The van der Waals surface area contributed by atoms with Gasteiger partial charge in [-0.2, -0.15) is 8.78 Å². The number of benzene rings is 4. The maximum Gasteiger partial charge on any atom is 0.432 e. The van der Waals surface area contributed by atoms with Crippen molar-refractivity contribution in [2.75, 3.05) is 0 Å². The summed E-state index contributed by atoms with van der Waals surface area (Å²) in [7, 11) is 0. The molecule has 0 amide bonds. The molecule has 0 saturated heterocycles. The summed E-state index contributed by atoms with van der Waals surface area (Å²) in [6, 6.07) is 8.12. The van der Waals surface area contributed by atoms with Crippen LogP contribution in [-0.4, -0.2) is 0 Å². The minimum atomic E-state index is -4.54. The Morgan fingerprint density at radius 2 is 1.25 bits per heavy atom. The first-order chi connectivity index (χ1) is 22.9. The molecule has 1 fully saturated rings. The standard InChI is InChI=1S/C38H31F9O/c1-2-3-4-5-22-6-8-23(9-7-22)10-11-24-16-32(41)36(33(42)17-24)38(46,47)48-27-13-15-28(31(40)21-27)25-12-14-29(30(39)18-25)26-19-34(43)37(45)35(44)20-26/h12-23H,2-9H2,1H3. The Hall–Kier alpha value is -4.39. The van der Waals surface area contributed by atoms with Crippen LogP contribution in [0.25, 0.3) is 22.3 Å². The summed E-state index contributed by atoms with van der Waals surface area (Å²) in [5.41, 5.74) is -2.73. The second kappa shape index (κ2) is 14.8. The molecule has 0 spiro atoms. The van der Waals surface area contributed by atoms with Crippen molar-refractivity contribution in [3.63, 3.8) is 0 Å². The minimum Gasteiger partial charge on any atom is -0.429 e. The molecule has 0 aromatic heterocycles. The highest BCUT2D eigenvalue weighted by molar-refractivity contribution is 5.72. The Kier molecular flexibility index (Phi) is 10.8. The van der Waals surface area contributed by atoms with E-state index in [1.54, 1.807) is 0 Å². The van der Waals surface area contributed by atoms with Gasteiger partial charge in [0.1, 0.15) is 34.6 Å². The van der Waals surface area contributed by atoms with Gasteiger partial charge in [0, 0.05) is 28.7 Å². The van der Waals surface area contributed by atoms with Crippen molar-refractivity contribution < 1.29 is 44.3 Å². The predicted octanol–water partition coefficient (Wildman–Crippen LogP) is 11.9. The summed E-state index contributed by atoms with van der Waals surface area (Å²) in [5, 5.41) is 0. The first-order valence-electron chi connectivity index (χ1n) is 15.7. The largest absolute Gasteiger partial charge is 0.432 e. The number of rotatable bonds is 9. The molecule has 252 valence electrons. The zero-order chi connectivity index (χ0) is 34.6. The van der Waals surface area contributed by atoms with E-state index in [0.29, 0.717) is 36.2 Å². The SMILES string of the molecule is CCCCCC1CCC(C#Cc2cc(F)c(C(F)(F)Oc3ccc(-c4ccc(-c5cc(F)c(F)c(F)c5)c(F)c4)c(F)c3)c(F)c2)CC1. The van der Waals surface area contributed by atoms with Gasteiger partial charge in [-0.15, -0.1) is 0 Å². The van der Waals surface area contributed by atoms with Crippen LogP contribution in [0, 0.1) is 64.4 Å². The van der Waals surface area contributed by atoms with E-state index in [1.807, 2.05) is 0 Å². The van der Waals surface area contributed by atoms with E-state index >= 15 is 13.2 Å². The van der Waals surface area contributed by atoms with Gasteiger partial charge in [-0.25, -0.2) is 30.7 Å². The maximum atomic E-state index is 15.0. The van der Waals surface area contributed by atoms with Gasteiger partial charge in [-0.05, 0) is 85.2 Å². The van der Waals surface area contributed by atoms with Crippen molar-refractivity contribution in [1.82, 2.24) is 0 Å². The molecule has 1 aliphatic carbocycles. The number of alkyl halides is 2. The van der Waals surface area contributed by atoms with Crippen LogP contribution >= 0.6 is 0 Å². The molecule has 0 N–H and O–H groups in total. The molecule has 0 aliphatic heterocycles. The van der Waals surface area contributed by atoms with E-state index in [9.17, 15) is 26.3 Å². The van der Waals surface area contributed by atoms with Gasteiger partial charge in [0.05, 0.1) is 0 Å². The van der Waals surface area contributed by atoms with Crippen LogP contribution in [0.1, 0.15) is 69.4 Å². The summed E-state index contributed by atoms with van der Waals surface area (Å²) < 4.78 is 135. The lowest BCUT2D eigenvalue weighted by Gasteiger charge is -2.25. The van der Waals surface area contributed by atoms with E-state index in [0.717, 1.165) is 56.4 Å². The van der Waals surface area contributed by atoms with E-state index in [4.69, 9.17) is 0 Å². The first-order valence-corrected chi connectivity index (χ1v) is 15.7. The van der Waals surface area contributed by atoms with Crippen LogP contribution in [0.15, 0.2) is 60.7 Å². The zero-order valence-corrected chi connectivity index (χ0v) is 25.9. The quantitative estimate of drug-likeness (QED) is 0.0743. The molecule has 0 heterocycles. The molecule has 5 rings (SSSR count). The fourth-order valence-electron chi connectivity index (χ4n) is 6.01. The van der Waals surface area contributed by atoms with Crippen molar-refractivity contribution in [3.05, 3.63) is 113 Å². The van der Waals surface area contributed by atoms with Gasteiger partial charge >= 0.3 is 6.11 Å². The van der Waals surface area contributed by atoms with Crippen molar-refractivity contribution in [3.8, 4) is 39.8 Å². The maximum absolute atomic E-state index is 15.0. The number of halogens is 9. The summed E-state index contributed by atoms with van der Waals surface area (Å²) in [6.07, 6.45) is 4.00. The number of ether oxygens (including phenoxy) is 1. The summed E-state index contributed by atoms with van der Waals surface area (Å²) in [6.45, 7) is 2.16. The lowest BCUT2D eigenvalue weighted by atomic mass is 9.80. The molecule has 4 aromatic rings. The molecule has 10 heteroatoms. The molecule has 1 aliphatic rings. The van der Waals surface area contributed by atoms with Crippen LogP contribution < -0.4 is 4.74 Å². The third-order valence-electron chi connectivity index (χ3n) is 8.58. The van der Waals surface area contributed by atoms with Crippen molar-refractivity contribution >= 4 is 0 Å². The van der Waals surface area contributed by atoms with E-state index in [-0.39, 0.29) is 33.7 Å². The molecule has 1 nitrogen and oxygen atoms in total. The number of hydrogen-bond acceptors (Lipinski definition) is 1. The van der Waals surface area contributed by atoms with Crippen molar-refractivity contribution in [1.29, 1.82) is 0 Å². The van der Waals surface area contributed by atoms with Gasteiger partial charge < -0.3 is 4.74 Å². The topological polar surface area (TPSA) is 9.23 Å². The Labute approximate surface area is 272 Å². The Balaban J connectivity index is 1.28. The van der Waals surface area contributed by atoms with Crippen molar-refractivity contribution in [2.45, 2.75) is 64.4 Å². The molecule has 4 aromatic carbocycles. The molecule has 0 bridgehead atoms. The summed E-state index contributed by atoms with van der Waals surface area (Å²) in [4.78, 5) is 0. The fraction of sp³-hybridized carbons (Fsp3) is 0.316. The fourth-order valence-corrected chi connectivity index (χ4v) is 6.01. The lowest BCUT2D eigenvalue weighted by Crippen LogP contribution is -2.25. The van der Waals surface area contributed by atoms with Gasteiger partial charge in [-0.3, -0.25) is 0 Å². The monoisotopic (exact) mass is 674 g/mol. The molecule has 0 radical (unpaired) electrons. The van der Waals surface area contributed by atoms with Gasteiger partial charge in [0.15, 0.2) is 17.5 Å². The van der Waals surface area contributed by atoms with Crippen LogP contribution in [0.5, 0.6) is 5.75 Å². The first kappa shape index (κ1) is 34.9. The Bertz CT molecular complexity index is 1800. The van der Waals surface area contributed by atoms with Gasteiger partial charge in [0.25, 0.3) is 0 Å². The average molecular weight is 675 g/mol. The van der Waals surface area contributed by atoms with Gasteiger partial charge in [-0.1, -0.05) is 56.6 Å². The van der Waals surface area contributed by atoms with E-state index < -0.39 is 58.1 Å². The summed E-state index contributed by atoms with van der Waals surface area (Å²) >= 11 is 0. The molecule has 0 atom stereocenters. The van der Waals surface area contributed by atoms with Gasteiger partial charge in [0.2, 0.25) is 0 Å². The summed E-state index contributed by atoms with van der Waals surface area (Å²) in [5.74, 6) is -4.48. The van der Waals surface area contributed by atoms with Crippen molar-refractivity contribution in [2.24, 2.45) is 11.8 Å². The molecule has 0 unspecified atom stereocenters. The van der Waals surface area contributed by atoms with E-state index in [2.05, 4.69) is 23.5 Å². The molecule has 1 saturated carbocycles. The predicted molar refractivity (Wildman–Crippen MR) is 164 cm³/mol. The smallest absolute Gasteiger partial charge is 0.429 e. The number of hydrogen-bond donors (Lipinski definition) is 0. The van der Waals surface area contributed by atoms with Crippen LogP contribution in [0.2, 0.25) is 0 Å². The third kappa shape index (κ3) is 8.00. The highest BCUT2D eigenvalue weighted by Gasteiger charge is 2.41. The Morgan fingerprint density at radius 3 is 1.85 bits per heavy atom. The van der Waals surface area contributed by atoms with E-state index in [1.165, 1.54) is 25.3 Å². The van der Waals surface area contributed by atoms with Crippen LogP contribution in [0.4, 0.5) is 39.5 Å². The second-order valence-electron chi connectivity index (χ2n) is 12.0. The number of unbranched alkanes of at least 4 members (excludes halogenated alkanes) is 2. The van der Waals surface area contributed by atoms with Crippen LogP contribution in [0.3, 0.4) is 0 Å². The second-order valence-corrected chi connectivity index (χ2v) is 12.0. The highest BCUT2D eigenvalue weighted by atomic mass is 19.3. The average Bonchev–Trinajstić information content (AvgIpc) is 3.02. The normalized spacial score (nSPS) is 16.4. The molecule has 48 heavy (non-hydrogen) atoms. The third-order valence-corrected chi connectivity index (χ3v) is 8.58. The minimum absolute atomic E-state index is 0.0549.